The molecule has 0 spiro atoms. The van der Waals surface area contributed by atoms with Crippen LogP contribution in [-0.4, -0.2) is 12.5 Å². The summed E-state index contributed by atoms with van der Waals surface area (Å²) in [7, 11) is 0. The van der Waals surface area contributed by atoms with E-state index in [-0.39, 0.29) is 0 Å². The minimum atomic E-state index is -0.391. The van der Waals surface area contributed by atoms with Crippen LogP contribution in [0.3, 0.4) is 0 Å². The van der Waals surface area contributed by atoms with Gasteiger partial charge in [0, 0.05) is 22.7 Å². The van der Waals surface area contributed by atoms with Crippen LogP contribution in [0.1, 0.15) is 21.5 Å². The number of hydrogen-bond donors (Lipinski definition) is 1. The number of rotatable bonds is 1. The molecule has 0 saturated carbocycles. The number of aliphatic imine (C=N–C) groups is 1. The molecular formula is C15H10FNO2S. The average Bonchev–Trinajstić information content (AvgIpc) is 2.62. The Morgan fingerprint density at radius 2 is 2.15 bits per heavy atom. The molecule has 2 aromatic carbocycles. The Morgan fingerprint density at radius 1 is 1.35 bits per heavy atom. The van der Waals surface area contributed by atoms with Gasteiger partial charge in [-0.25, -0.2) is 4.39 Å². The van der Waals surface area contributed by atoms with Crippen molar-refractivity contribution in [1.82, 2.24) is 0 Å². The number of carbonyl (C=O) groups is 1. The zero-order valence-electron chi connectivity index (χ0n) is 10.6. The first kappa shape index (κ1) is 12.9. The molecule has 1 aliphatic heterocycles. The van der Waals surface area contributed by atoms with E-state index in [0.717, 1.165) is 5.56 Å². The van der Waals surface area contributed by atoms with E-state index in [1.165, 1.54) is 18.2 Å². The zero-order valence-corrected chi connectivity index (χ0v) is 11.4. The molecule has 0 amide bonds. The van der Waals surface area contributed by atoms with Gasteiger partial charge in [0.2, 0.25) is 0 Å². The largest absolute Gasteiger partial charge is 0.454 e. The van der Waals surface area contributed by atoms with Crippen LogP contribution in [-0.2, 0) is 0 Å². The summed E-state index contributed by atoms with van der Waals surface area (Å²) < 4.78 is 19.0. The Labute approximate surface area is 120 Å². The highest BCUT2D eigenvalue weighted by Gasteiger charge is 2.19. The highest BCUT2D eigenvalue weighted by atomic mass is 32.1. The first-order chi connectivity index (χ1) is 9.60. The molecule has 3 rings (SSSR count). The van der Waals surface area contributed by atoms with Gasteiger partial charge in [-0.3, -0.25) is 9.79 Å². The van der Waals surface area contributed by atoms with Crippen molar-refractivity contribution in [3.05, 3.63) is 46.8 Å². The van der Waals surface area contributed by atoms with Crippen LogP contribution in [0.5, 0.6) is 11.5 Å². The second-order valence-electron chi connectivity index (χ2n) is 4.44. The fourth-order valence-electron chi connectivity index (χ4n) is 2.06. The smallest absolute Gasteiger partial charge is 0.153 e. The van der Waals surface area contributed by atoms with Gasteiger partial charge in [0.15, 0.2) is 12.0 Å². The lowest BCUT2D eigenvalue weighted by molar-refractivity contribution is 0.112. The summed E-state index contributed by atoms with van der Waals surface area (Å²) in [5, 5.41) is 0. The fourth-order valence-corrected chi connectivity index (χ4v) is 2.32. The maximum Gasteiger partial charge on any atom is 0.153 e. The van der Waals surface area contributed by atoms with Crippen LogP contribution in [0.2, 0.25) is 0 Å². The van der Waals surface area contributed by atoms with E-state index < -0.39 is 5.82 Å². The number of nitrogens with zero attached hydrogens (tertiary/aromatic N) is 1. The van der Waals surface area contributed by atoms with Crippen molar-refractivity contribution >= 4 is 30.8 Å². The molecule has 1 heterocycles. The van der Waals surface area contributed by atoms with Gasteiger partial charge >= 0.3 is 0 Å². The molecule has 3 nitrogen and oxygen atoms in total. The monoisotopic (exact) mass is 287 g/mol. The third-order valence-corrected chi connectivity index (χ3v) is 3.64. The van der Waals surface area contributed by atoms with Crippen molar-refractivity contribution in [2.45, 2.75) is 11.8 Å². The van der Waals surface area contributed by atoms with E-state index >= 15 is 0 Å². The summed E-state index contributed by atoms with van der Waals surface area (Å²) in [5.41, 5.74) is 2.31. The molecule has 0 aliphatic carbocycles. The minimum Gasteiger partial charge on any atom is -0.454 e. The third kappa shape index (κ3) is 2.00. The SMILES string of the molecule is Cc1c(S)cc(C=O)c2c1C=Nc1cc(F)ccc1O2. The fraction of sp³-hybridized carbons (Fsp3) is 0.0667. The number of thiol groups is 1. The Morgan fingerprint density at radius 3 is 2.90 bits per heavy atom. The highest BCUT2D eigenvalue weighted by molar-refractivity contribution is 7.80. The van der Waals surface area contributed by atoms with Gasteiger partial charge in [-0.1, -0.05) is 0 Å². The number of carbonyl (C=O) groups excluding carboxylic acids is 1. The van der Waals surface area contributed by atoms with Crippen LogP contribution in [0.25, 0.3) is 0 Å². The van der Waals surface area contributed by atoms with Gasteiger partial charge < -0.3 is 4.74 Å². The van der Waals surface area contributed by atoms with Crippen molar-refractivity contribution in [3.8, 4) is 11.5 Å². The van der Waals surface area contributed by atoms with Crippen LogP contribution in [0.4, 0.5) is 10.1 Å². The predicted molar refractivity (Wildman–Crippen MR) is 77.5 cm³/mol. The first-order valence-corrected chi connectivity index (χ1v) is 6.38. The third-order valence-electron chi connectivity index (χ3n) is 3.18. The number of halogens is 1. The predicted octanol–water partition coefficient (Wildman–Crippen LogP) is 4.09. The molecule has 2 aromatic rings. The molecule has 0 radical (unpaired) electrons. The number of benzene rings is 2. The lowest BCUT2D eigenvalue weighted by atomic mass is 10.0. The Hall–Kier alpha value is -2.14. The molecule has 0 bridgehead atoms. The molecule has 0 aromatic heterocycles. The Bertz CT molecular complexity index is 756. The quantitative estimate of drug-likeness (QED) is 0.541. The average molecular weight is 287 g/mol. The highest BCUT2D eigenvalue weighted by Crippen LogP contribution is 2.40. The normalized spacial score (nSPS) is 12.2. The summed E-state index contributed by atoms with van der Waals surface area (Å²) in [4.78, 5) is 16.1. The topological polar surface area (TPSA) is 38.7 Å². The Balaban J connectivity index is 2.27. The minimum absolute atomic E-state index is 0.387. The Kier molecular flexibility index (Phi) is 3.06. The van der Waals surface area contributed by atoms with Crippen molar-refractivity contribution in [2.75, 3.05) is 0 Å². The summed E-state index contributed by atoms with van der Waals surface area (Å²) in [6.45, 7) is 1.86. The summed E-state index contributed by atoms with van der Waals surface area (Å²) in [5.74, 6) is 0.442. The molecule has 0 saturated heterocycles. The maximum absolute atomic E-state index is 13.2. The number of fused-ring (bicyclic) bond motifs is 2. The number of hydrogen-bond acceptors (Lipinski definition) is 4. The summed E-state index contributed by atoms with van der Waals surface area (Å²) in [6.07, 6.45) is 2.28. The lowest BCUT2D eigenvalue weighted by Crippen LogP contribution is -1.98. The van der Waals surface area contributed by atoms with Crippen molar-refractivity contribution < 1.29 is 13.9 Å². The van der Waals surface area contributed by atoms with Crippen LogP contribution in [0.15, 0.2) is 34.2 Å². The molecule has 5 heteroatoms. The summed E-state index contributed by atoms with van der Waals surface area (Å²) in [6, 6.07) is 5.72. The standard InChI is InChI=1S/C15H10FNO2S/c1-8-11-6-17-12-5-10(16)2-3-13(12)19-15(11)9(7-18)4-14(8)20/h2-7,20H,1H3. The second kappa shape index (κ2) is 4.76. The lowest BCUT2D eigenvalue weighted by Gasteiger charge is -2.13. The van der Waals surface area contributed by atoms with Gasteiger partial charge in [0.25, 0.3) is 0 Å². The maximum atomic E-state index is 13.2. The van der Waals surface area contributed by atoms with E-state index in [1.54, 1.807) is 12.3 Å². The van der Waals surface area contributed by atoms with Gasteiger partial charge in [-0.2, -0.15) is 0 Å². The molecule has 0 atom stereocenters. The van der Waals surface area contributed by atoms with E-state index in [9.17, 15) is 9.18 Å². The van der Waals surface area contributed by atoms with Gasteiger partial charge in [0.05, 0.1) is 5.56 Å². The van der Waals surface area contributed by atoms with Crippen LogP contribution >= 0.6 is 12.6 Å². The van der Waals surface area contributed by atoms with Crippen molar-refractivity contribution in [3.63, 3.8) is 0 Å². The molecular weight excluding hydrogens is 277 g/mol. The summed E-state index contributed by atoms with van der Waals surface area (Å²) >= 11 is 4.33. The van der Waals surface area contributed by atoms with Gasteiger partial charge in [-0.15, -0.1) is 12.6 Å². The molecule has 100 valence electrons. The van der Waals surface area contributed by atoms with Gasteiger partial charge in [0.1, 0.15) is 17.3 Å². The van der Waals surface area contributed by atoms with Crippen molar-refractivity contribution in [2.24, 2.45) is 4.99 Å². The van der Waals surface area contributed by atoms with Crippen molar-refractivity contribution in [1.29, 1.82) is 0 Å². The van der Waals surface area contributed by atoms with Crippen LogP contribution < -0.4 is 4.74 Å². The van der Waals surface area contributed by atoms with E-state index in [0.29, 0.717) is 39.5 Å². The van der Waals surface area contributed by atoms with E-state index in [1.807, 2.05) is 6.92 Å². The number of aldehydes is 1. The molecule has 0 fully saturated rings. The number of ether oxygens (including phenoxy) is 1. The second-order valence-corrected chi connectivity index (χ2v) is 4.92. The van der Waals surface area contributed by atoms with Gasteiger partial charge in [-0.05, 0) is 30.7 Å². The van der Waals surface area contributed by atoms with E-state index in [2.05, 4.69) is 17.6 Å². The molecule has 20 heavy (non-hydrogen) atoms. The molecule has 0 unspecified atom stereocenters. The van der Waals surface area contributed by atoms with E-state index in [4.69, 9.17) is 4.74 Å². The van der Waals surface area contributed by atoms with Crippen LogP contribution in [0, 0.1) is 12.7 Å². The molecule has 0 N–H and O–H groups in total. The molecule has 1 aliphatic rings. The first-order valence-electron chi connectivity index (χ1n) is 5.93. The zero-order chi connectivity index (χ0) is 14.3.